The van der Waals surface area contributed by atoms with Crippen LogP contribution < -0.4 is 0 Å². The zero-order chi connectivity index (χ0) is 9.14. The summed E-state index contributed by atoms with van der Waals surface area (Å²) in [4.78, 5) is 12.2. The molecule has 0 saturated carbocycles. The third kappa shape index (κ3) is 2.32. The Kier molecular flexibility index (Phi) is 3.29. The molecular weight excluding hydrogens is 185 g/mol. The molecule has 1 unspecified atom stereocenters. The molecule has 3 nitrogen and oxygen atoms in total. The summed E-state index contributed by atoms with van der Waals surface area (Å²) >= 11 is 4.97. The zero-order valence-electron chi connectivity index (χ0n) is 6.54. The first kappa shape index (κ1) is 9.74. The van der Waals surface area contributed by atoms with Crippen LogP contribution in [0.3, 0.4) is 0 Å². The van der Waals surface area contributed by atoms with Crippen molar-refractivity contribution in [2.75, 3.05) is 13.1 Å². The van der Waals surface area contributed by atoms with E-state index in [1.165, 1.54) is 4.90 Å². The topological polar surface area (TPSA) is 40.5 Å². The van der Waals surface area contributed by atoms with Gasteiger partial charge in [0, 0.05) is 13.1 Å². The number of aliphatic hydroxyl groups is 1. The fraction of sp³-hybridized carbons (Fsp3) is 0.857. The number of amides is 1. The number of nitrogens with zero attached hydrogens (tertiary/aromatic N) is 1. The van der Waals surface area contributed by atoms with Crippen molar-refractivity contribution in [2.45, 2.75) is 24.6 Å². The van der Waals surface area contributed by atoms with Gasteiger partial charge in [0.2, 0.25) is 0 Å². The number of rotatable bonds is 1. The number of halogens is 2. The van der Waals surface area contributed by atoms with Crippen molar-refractivity contribution in [1.82, 2.24) is 4.90 Å². The van der Waals surface area contributed by atoms with E-state index in [1.54, 1.807) is 0 Å². The summed E-state index contributed by atoms with van der Waals surface area (Å²) in [6.07, 6.45) is 0.845. The lowest BCUT2D eigenvalue weighted by Gasteiger charge is -2.29. The predicted octanol–water partition coefficient (Wildman–Crippen LogP) is 0.504. The average Bonchev–Trinajstić information content (AvgIpc) is 2.03. The van der Waals surface area contributed by atoms with Crippen LogP contribution in [0.1, 0.15) is 12.8 Å². The van der Waals surface area contributed by atoms with Gasteiger partial charge in [-0.3, -0.25) is 4.79 Å². The molecule has 1 heterocycles. The molecule has 1 saturated heterocycles. The van der Waals surface area contributed by atoms with Gasteiger partial charge in [-0.2, -0.15) is 0 Å². The first-order valence-corrected chi connectivity index (χ1v) is 4.30. The first-order valence-electron chi connectivity index (χ1n) is 3.86. The lowest BCUT2D eigenvalue weighted by Crippen LogP contribution is -2.44. The Labute approximate surface area is 75.1 Å². The summed E-state index contributed by atoms with van der Waals surface area (Å²) in [7, 11) is 0. The number of hydrogen-bond donors (Lipinski definition) is 1. The third-order valence-corrected chi connectivity index (χ3v) is 2.08. The summed E-state index contributed by atoms with van der Waals surface area (Å²) in [6, 6.07) is 0. The number of carbonyl (C=O) groups is 1. The number of β-amino-alcohol motifs (C(OH)–C–C–N with tert-alkyl or cyclic N) is 1. The number of piperidine rings is 1. The molecule has 1 fully saturated rings. The molecule has 2 atom stereocenters. The van der Waals surface area contributed by atoms with Gasteiger partial charge in [0.15, 0.2) is 0 Å². The minimum Gasteiger partial charge on any atom is -0.391 e. The molecule has 0 aliphatic carbocycles. The summed E-state index contributed by atoms with van der Waals surface area (Å²) < 4.78 is 12.3. The highest BCUT2D eigenvalue weighted by molar-refractivity contribution is 6.29. The monoisotopic (exact) mass is 195 g/mol. The Morgan fingerprint density at radius 1 is 1.75 bits per heavy atom. The van der Waals surface area contributed by atoms with E-state index >= 15 is 0 Å². The molecular formula is C7H11ClFNO2. The molecule has 5 heteroatoms. The van der Waals surface area contributed by atoms with Crippen LogP contribution in [0.15, 0.2) is 0 Å². The molecule has 70 valence electrons. The molecule has 0 aromatic carbocycles. The van der Waals surface area contributed by atoms with E-state index in [-0.39, 0.29) is 6.54 Å². The summed E-state index contributed by atoms with van der Waals surface area (Å²) in [5.74, 6) is -0.740. The molecule has 1 aliphatic rings. The molecule has 0 bridgehead atoms. The number of carbonyl (C=O) groups excluding carboxylic acids is 1. The fourth-order valence-corrected chi connectivity index (χ4v) is 1.43. The molecule has 1 N–H and O–H groups in total. The van der Waals surface area contributed by atoms with E-state index in [0.29, 0.717) is 19.4 Å². The largest absolute Gasteiger partial charge is 0.391 e. The zero-order valence-corrected chi connectivity index (χ0v) is 7.30. The normalized spacial score (nSPS) is 26.9. The van der Waals surface area contributed by atoms with Crippen molar-refractivity contribution in [1.29, 1.82) is 0 Å². The number of likely N-dealkylation sites (tertiary alicyclic amines) is 1. The van der Waals surface area contributed by atoms with Crippen LogP contribution in [-0.4, -0.2) is 40.7 Å². The fourth-order valence-electron chi connectivity index (χ4n) is 1.29. The van der Waals surface area contributed by atoms with E-state index in [9.17, 15) is 9.18 Å². The molecule has 0 spiro atoms. The quantitative estimate of drug-likeness (QED) is 0.620. The molecule has 1 amide bonds. The highest BCUT2D eigenvalue weighted by atomic mass is 35.5. The maximum absolute atomic E-state index is 12.3. The smallest absolute Gasteiger partial charge is 0.272 e. The van der Waals surface area contributed by atoms with Gasteiger partial charge in [-0.1, -0.05) is 11.6 Å². The highest BCUT2D eigenvalue weighted by Crippen LogP contribution is 2.13. The van der Waals surface area contributed by atoms with Crippen LogP contribution in [-0.2, 0) is 4.79 Å². The molecule has 0 aromatic rings. The number of hydrogen-bond acceptors (Lipinski definition) is 2. The second-order valence-electron chi connectivity index (χ2n) is 2.88. The van der Waals surface area contributed by atoms with Gasteiger partial charge >= 0.3 is 0 Å². The Balaban J connectivity index is 2.46. The van der Waals surface area contributed by atoms with Crippen molar-refractivity contribution in [2.24, 2.45) is 0 Å². The van der Waals surface area contributed by atoms with E-state index < -0.39 is 17.6 Å². The van der Waals surface area contributed by atoms with Crippen LogP contribution in [0.25, 0.3) is 0 Å². The minimum atomic E-state index is -1.98. The summed E-state index contributed by atoms with van der Waals surface area (Å²) in [5, 5.41) is 9.15. The van der Waals surface area contributed by atoms with Gasteiger partial charge in [0.1, 0.15) is 0 Å². The van der Waals surface area contributed by atoms with Crippen LogP contribution >= 0.6 is 11.6 Å². The Hall–Kier alpha value is -0.350. The Bertz CT molecular complexity index is 177. The Morgan fingerprint density at radius 2 is 2.42 bits per heavy atom. The van der Waals surface area contributed by atoms with Gasteiger partial charge in [0.25, 0.3) is 11.5 Å². The summed E-state index contributed by atoms with van der Waals surface area (Å²) in [6.45, 7) is 0.689. The number of alkyl halides is 2. The van der Waals surface area contributed by atoms with E-state index in [0.717, 1.165) is 0 Å². The third-order valence-electron chi connectivity index (χ3n) is 1.89. The Morgan fingerprint density at radius 3 is 2.92 bits per heavy atom. The van der Waals surface area contributed by atoms with Gasteiger partial charge in [0.05, 0.1) is 6.10 Å². The average molecular weight is 196 g/mol. The second kappa shape index (κ2) is 4.05. The van der Waals surface area contributed by atoms with Crippen LogP contribution in [0.5, 0.6) is 0 Å². The SMILES string of the molecule is O=C(C(F)Cl)N1CCC[C@H](O)C1. The molecule has 0 aromatic heterocycles. The van der Waals surface area contributed by atoms with Crippen molar-refractivity contribution in [3.63, 3.8) is 0 Å². The molecule has 0 radical (unpaired) electrons. The van der Waals surface area contributed by atoms with Gasteiger partial charge in [-0.05, 0) is 12.8 Å². The summed E-state index contributed by atoms with van der Waals surface area (Å²) in [5.41, 5.74) is -1.98. The standard InChI is InChI=1S/C7H11ClFNO2/c8-6(9)7(12)10-3-1-2-5(11)4-10/h5-6,11H,1-4H2/t5-,6?/m0/s1. The van der Waals surface area contributed by atoms with Gasteiger partial charge in [-0.15, -0.1) is 0 Å². The molecule has 1 rings (SSSR count). The minimum absolute atomic E-state index is 0.200. The first-order chi connectivity index (χ1) is 5.61. The second-order valence-corrected chi connectivity index (χ2v) is 3.26. The van der Waals surface area contributed by atoms with Gasteiger partial charge in [-0.25, -0.2) is 4.39 Å². The predicted molar refractivity (Wildman–Crippen MR) is 42.6 cm³/mol. The molecule has 1 aliphatic heterocycles. The van der Waals surface area contributed by atoms with Crippen LogP contribution in [0, 0.1) is 0 Å². The lowest BCUT2D eigenvalue weighted by atomic mass is 10.1. The van der Waals surface area contributed by atoms with Crippen molar-refractivity contribution in [3.8, 4) is 0 Å². The number of aliphatic hydroxyl groups excluding tert-OH is 1. The maximum atomic E-state index is 12.3. The lowest BCUT2D eigenvalue weighted by molar-refractivity contribution is -0.136. The maximum Gasteiger partial charge on any atom is 0.272 e. The van der Waals surface area contributed by atoms with Crippen molar-refractivity contribution >= 4 is 17.5 Å². The molecule has 12 heavy (non-hydrogen) atoms. The van der Waals surface area contributed by atoms with Crippen LogP contribution in [0.4, 0.5) is 4.39 Å². The van der Waals surface area contributed by atoms with E-state index in [4.69, 9.17) is 16.7 Å². The highest BCUT2D eigenvalue weighted by Gasteiger charge is 2.26. The van der Waals surface area contributed by atoms with Crippen molar-refractivity contribution in [3.05, 3.63) is 0 Å². The van der Waals surface area contributed by atoms with E-state index in [2.05, 4.69) is 0 Å². The van der Waals surface area contributed by atoms with Crippen LogP contribution in [0.2, 0.25) is 0 Å². The van der Waals surface area contributed by atoms with Crippen molar-refractivity contribution < 1.29 is 14.3 Å². The van der Waals surface area contributed by atoms with Gasteiger partial charge < -0.3 is 10.0 Å². The van der Waals surface area contributed by atoms with E-state index in [1.807, 2.05) is 0 Å².